The molecule has 2 amide bonds. The van der Waals surface area contributed by atoms with E-state index < -0.39 is 5.60 Å². The SMILES string of the molecule is CN(CC(C)(C)O)C(=O)NCCc1cccc(F)c1. The first kappa shape index (κ1) is 15.4. The lowest BCUT2D eigenvalue weighted by Gasteiger charge is -2.25. The smallest absolute Gasteiger partial charge is 0.317 e. The van der Waals surface area contributed by atoms with Gasteiger partial charge >= 0.3 is 6.03 Å². The summed E-state index contributed by atoms with van der Waals surface area (Å²) in [5.41, 5.74) is -0.0836. The molecule has 0 bridgehead atoms. The van der Waals surface area contributed by atoms with Crippen molar-refractivity contribution in [2.75, 3.05) is 20.1 Å². The van der Waals surface area contributed by atoms with E-state index >= 15 is 0 Å². The van der Waals surface area contributed by atoms with Gasteiger partial charge in [0.1, 0.15) is 5.82 Å². The molecule has 0 aliphatic carbocycles. The first-order valence-electron chi connectivity index (χ1n) is 6.24. The minimum atomic E-state index is -0.922. The average Bonchev–Trinajstić information content (AvgIpc) is 2.26. The van der Waals surface area contributed by atoms with E-state index in [0.29, 0.717) is 13.0 Å². The molecule has 0 heterocycles. The van der Waals surface area contributed by atoms with Crippen molar-refractivity contribution in [3.8, 4) is 0 Å². The van der Waals surface area contributed by atoms with Crippen LogP contribution in [0.3, 0.4) is 0 Å². The molecule has 19 heavy (non-hydrogen) atoms. The van der Waals surface area contributed by atoms with Gasteiger partial charge in [-0.05, 0) is 38.0 Å². The number of hydrogen-bond donors (Lipinski definition) is 2. The summed E-state index contributed by atoms with van der Waals surface area (Å²) >= 11 is 0. The molecule has 0 aliphatic heterocycles. The fourth-order valence-corrected chi connectivity index (χ4v) is 1.79. The molecule has 0 saturated heterocycles. The summed E-state index contributed by atoms with van der Waals surface area (Å²) < 4.78 is 12.9. The molecule has 5 heteroatoms. The number of halogens is 1. The fourth-order valence-electron chi connectivity index (χ4n) is 1.79. The zero-order valence-corrected chi connectivity index (χ0v) is 11.6. The molecule has 0 atom stereocenters. The number of likely N-dealkylation sites (N-methyl/N-ethyl adjacent to an activating group) is 1. The lowest BCUT2D eigenvalue weighted by molar-refractivity contribution is 0.0532. The van der Waals surface area contributed by atoms with E-state index in [-0.39, 0.29) is 18.4 Å². The van der Waals surface area contributed by atoms with Crippen LogP contribution in [0.4, 0.5) is 9.18 Å². The van der Waals surface area contributed by atoms with Crippen LogP contribution in [0.25, 0.3) is 0 Å². The van der Waals surface area contributed by atoms with Crippen LogP contribution in [0, 0.1) is 5.82 Å². The van der Waals surface area contributed by atoms with Gasteiger partial charge in [-0.15, -0.1) is 0 Å². The Morgan fingerprint density at radius 1 is 1.47 bits per heavy atom. The molecule has 1 aromatic rings. The third-order valence-electron chi connectivity index (χ3n) is 2.55. The van der Waals surface area contributed by atoms with Gasteiger partial charge in [-0.2, -0.15) is 0 Å². The Hall–Kier alpha value is -1.62. The van der Waals surface area contributed by atoms with E-state index in [2.05, 4.69) is 5.32 Å². The molecule has 0 saturated carbocycles. The van der Waals surface area contributed by atoms with E-state index in [9.17, 15) is 14.3 Å². The minimum absolute atomic E-state index is 0.249. The van der Waals surface area contributed by atoms with Gasteiger partial charge in [0.05, 0.1) is 12.1 Å². The molecule has 0 aliphatic rings. The van der Waals surface area contributed by atoms with Gasteiger partial charge in [0, 0.05) is 13.6 Å². The highest BCUT2D eigenvalue weighted by Crippen LogP contribution is 2.05. The van der Waals surface area contributed by atoms with Gasteiger partial charge in [-0.25, -0.2) is 9.18 Å². The maximum Gasteiger partial charge on any atom is 0.317 e. The number of urea groups is 1. The molecule has 0 radical (unpaired) electrons. The number of hydrogen-bond acceptors (Lipinski definition) is 2. The molecule has 0 spiro atoms. The Morgan fingerprint density at radius 2 is 2.16 bits per heavy atom. The van der Waals surface area contributed by atoms with E-state index in [1.54, 1.807) is 27.0 Å². The molecule has 4 nitrogen and oxygen atoms in total. The van der Waals surface area contributed by atoms with Gasteiger partial charge in [-0.1, -0.05) is 12.1 Å². The van der Waals surface area contributed by atoms with Crippen molar-refractivity contribution in [3.63, 3.8) is 0 Å². The number of rotatable bonds is 5. The van der Waals surface area contributed by atoms with Gasteiger partial charge in [0.2, 0.25) is 0 Å². The molecule has 2 N–H and O–H groups in total. The first-order valence-corrected chi connectivity index (χ1v) is 6.24. The van der Waals surface area contributed by atoms with Gasteiger partial charge in [-0.3, -0.25) is 0 Å². The fraction of sp³-hybridized carbons (Fsp3) is 0.500. The second-order valence-electron chi connectivity index (χ2n) is 5.28. The Bertz CT molecular complexity index is 430. The summed E-state index contributed by atoms with van der Waals surface area (Å²) in [6.07, 6.45) is 0.569. The number of nitrogens with zero attached hydrogens (tertiary/aromatic N) is 1. The van der Waals surface area contributed by atoms with E-state index in [1.807, 2.05) is 6.07 Å². The molecule has 1 rings (SSSR count). The van der Waals surface area contributed by atoms with Crippen molar-refractivity contribution in [2.45, 2.75) is 25.9 Å². The third kappa shape index (κ3) is 6.20. The van der Waals surface area contributed by atoms with Crippen molar-refractivity contribution in [2.24, 2.45) is 0 Å². The van der Waals surface area contributed by atoms with Crippen LogP contribution < -0.4 is 5.32 Å². The van der Waals surface area contributed by atoms with Crippen LogP contribution in [0.1, 0.15) is 19.4 Å². The monoisotopic (exact) mass is 268 g/mol. The van der Waals surface area contributed by atoms with Crippen LogP contribution in [-0.2, 0) is 6.42 Å². The van der Waals surface area contributed by atoms with Crippen LogP contribution in [0.2, 0.25) is 0 Å². The number of carbonyl (C=O) groups excluding carboxylic acids is 1. The van der Waals surface area contributed by atoms with Crippen molar-refractivity contribution >= 4 is 6.03 Å². The third-order valence-corrected chi connectivity index (χ3v) is 2.55. The predicted molar refractivity (Wildman–Crippen MR) is 72.4 cm³/mol. The summed E-state index contributed by atoms with van der Waals surface area (Å²) in [5, 5.41) is 12.3. The quantitative estimate of drug-likeness (QED) is 0.855. The maximum absolute atomic E-state index is 12.9. The van der Waals surface area contributed by atoms with Crippen LogP contribution in [0.15, 0.2) is 24.3 Å². The molecule has 106 valence electrons. The van der Waals surface area contributed by atoms with E-state index in [4.69, 9.17) is 0 Å². The molecule has 1 aromatic carbocycles. The zero-order valence-electron chi connectivity index (χ0n) is 11.6. The van der Waals surface area contributed by atoms with Gasteiger partial charge in [0.15, 0.2) is 0 Å². The molecular formula is C14H21FN2O2. The van der Waals surface area contributed by atoms with Crippen LogP contribution >= 0.6 is 0 Å². The highest BCUT2D eigenvalue weighted by Gasteiger charge is 2.18. The Balaban J connectivity index is 2.35. The Morgan fingerprint density at radius 3 is 2.74 bits per heavy atom. The van der Waals surface area contributed by atoms with Gasteiger partial charge < -0.3 is 15.3 Å². The van der Waals surface area contributed by atoms with Crippen molar-refractivity contribution < 1.29 is 14.3 Å². The molecule has 0 fully saturated rings. The number of carbonyl (C=O) groups is 1. The standard InChI is InChI=1S/C14H21FN2O2/c1-14(2,19)10-17(3)13(18)16-8-7-11-5-4-6-12(15)9-11/h4-6,9,19H,7-8,10H2,1-3H3,(H,16,18). The lowest BCUT2D eigenvalue weighted by Crippen LogP contribution is -2.45. The summed E-state index contributed by atoms with van der Waals surface area (Å²) in [6.45, 7) is 3.96. The first-order chi connectivity index (χ1) is 8.78. The topological polar surface area (TPSA) is 52.6 Å². The average molecular weight is 268 g/mol. The maximum atomic E-state index is 12.9. The summed E-state index contributed by atoms with van der Waals surface area (Å²) in [7, 11) is 1.62. The summed E-state index contributed by atoms with van der Waals surface area (Å²) in [5.74, 6) is -0.275. The highest BCUT2D eigenvalue weighted by molar-refractivity contribution is 5.73. The molecular weight excluding hydrogens is 247 g/mol. The number of nitrogens with one attached hydrogen (secondary N) is 1. The minimum Gasteiger partial charge on any atom is -0.389 e. The number of amides is 2. The zero-order chi connectivity index (χ0) is 14.5. The van der Waals surface area contributed by atoms with E-state index in [0.717, 1.165) is 5.56 Å². The van der Waals surface area contributed by atoms with Crippen molar-refractivity contribution in [1.82, 2.24) is 10.2 Å². The summed E-state index contributed by atoms with van der Waals surface area (Å²) in [6, 6.07) is 6.05. The highest BCUT2D eigenvalue weighted by atomic mass is 19.1. The Labute approximate surface area is 113 Å². The summed E-state index contributed by atoms with van der Waals surface area (Å²) in [4.78, 5) is 13.1. The van der Waals surface area contributed by atoms with Gasteiger partial charge in [0.25, 0.3) is 0 Å². The normalized spacial score (nSPS) is 11.2. The Kier molecular flexibility index (Phi) is 5.30. The largest absolute Gasteiger partial charge is 0.389 e. The predicted octanol–water partition coefficient (Wildman–Crippen LogP) is 1.78. The van der Waals surface area contributed by atoms with Crippen molar-refractivity contribution in [3.05, 3.63) is 35.6 Å². The lowest BCUT2D eigenvalue weighted by atomic mass is 10.1. The van der Waals surface area contributed by atoms with Crippen LogP contribution in [0.5, 0.6) is 0 Å². The number of aliphatic hydroxyl groups is 1. The molecule has 0 aromatic heterocycles. The van der Waals surface area contributed by atoms with E-state index in [1.165, 1.54) is 17.0 Å². The molecule has 0 unspecified atom stereocenters. The second kappa shape index (κ2) is 6.52. The van der Waals surface area contributed by atoms with Crippen molar-refractivity contribution in [1.29, 1.82) is 0 Å². The second-order valence-corrected chi connectivity index (χ2v) is 5.28. The van der Waals surface area contributed by atoms with Crippen LogP contribution in [-0.4, -0.2) is 41.8 Å². The number of benzene rings is 1.